The summed E-state index contributed by atoms with van der Waals surface area (Å²) < 4.78 is 57.8. The summed E-state index contributed by atoms with van der Waals surface area (Å²) in [4.78, 5) is 27.6. The average molecular weight is 439 g/mol. The van der Waals surface area contributed by atoms with Crippen LogP contribution >= 0.6 is 0 Å². The zero-order valence-corrected chi connectivity index (χ0v) is 16.5. The van der Waals surface area contributed by atoms with E-state index in [9.17, 15) is 27.2 Å². The van der Waals surface area contributed by atoms with Gasteiger partial charge in [-0.05, 0) is 24.3 Å². The molecule has 1 fully saturated rings. The molecule has 2 aromatic carbocycles. The van der Waals surface area contributed by atoms with Gasteiger partial charge < -0.3 is 19.9 Å². The summed E-state index contributed by atoms with van der Waals surface area (Å²) in [5.74, 6) is -1.33. The Kier molecular flexibility index (Phi) is 6.98. The summed E-state index contributed by atoms with van der Waals surface area (Å²) >= 11 is 0. The number of piperazine rings is 1. The second-order valence-corrected chi connectivity index (χ2v) is 6.83. The van der Waals surface area contributed by atoms with Gasteiger partial charge in [0.25, 0.3) is 5.91 Å². The molecule has 10 heteroatoms. The SMILES string of the molecule is O=C(NCCOc1ccccc1C(F)(F)F)N1CCN(C(=O)c2ccccc2F)CC1. The molecule has 6 nitrogen and oxygen atoms in total. The highest BCUT2D eigenvalue weighted by Crippen LogP contribution is 2.35. The maximum atomic E-state index is 13.8. The molecular formula is C21H21F4N3O3. The third-order valence-electron chi connectivity index (χ3n) is 4.79. The van der Waals surface area contributed by atoms with E-state index in [-0.39, 0.29) is 50.6 Å². The largest absolute Gasteiger partial charge is 0.491 e. The van der Waals surface area contributed by atoms with Crippen LogP contribution in [0.1, 0.15) is 15.9 Å². The molecule has 1 aliphatic heterocycles. The summed E-state index contributed by atoms with van der Waals surface area (Å²) in [6.45, 7) is 0.879. The molecule has 1 saturated heterocycles. The quantitative estimate of drug-likeness (QED) is 0.574. The molecule has 1 heterocycles. The third-order valence-corrected chi connectivity index (χ3v) is 4.79. The van der Waals surface area contributed by atoms with Crippen molar-refractivity contribution in [3.63, 3.8) is 0 Å². The predicted octanol–water partition coefficient (Wildman–Crippen LogP) is 3.39. The van der Waals surface area contributed by atoms with Crippen LogP contribution in [0.4, 0.5) is 22.4 Å². The maximum absolute atomic E-state index is 13.8. The van der Waals surface area contributed by atoms with E-state index in [1.807, 2.05) is 0 Å². The number of nitrogens with one attached hydrogen (secondary N) is 1. The van der Waals surface area contributed by atoms with E-state index in [1.165, 1.54) is 46.2 Å². The van der Waals surface area contributed by atoms with Gasteiger partial charge in [-0.15, -0.1) is 0 Å². The number of hydrogen-bond donors (Lipinski definition) is 1. The highest BCUT2D eigenvalue weighted by Gasteiger charge is 2.34. The van der Waals surface area contributed by atoms with Crippen LogP contribution in [0.15, 0.2) is 48.5 Å². The number of carbonyl (C=O) groups is 2. The van der Waals surface area contributed by atoms with E-state index in [4.69, 9.17) is 4.74 Å². The van der Waals surface area contributed by atoms with Gasteiger partial charge in [-0.3, -0.25) is 4.79 Å². The van der Waals surface area contributed by atoms with Crippen molar-refractivity contribution in [2.75, 3.05) is 39.3 Å². The number of halogens is 4. The van der Waals surface area contributed by atoms with Crippen molar-refractivity contribution in [1.82, 2.24) is 15.1 Å². The molecule has 1 aliphatic rings. The molecule has 2 aromatic rings. The maximum Gasteiger partial charge on any atom is 0.419 e. The number of urea groups is 1. The lowest BCUT2D eigenvalue weighted by molar-refractivity contribution is -0.138. The van der Waals surface area contributed by atoms with Crippen molar-refractivity contribution >= 4 is 11.9 Å². The van der Waals surface area contributed by atoms with Crippen LogP contribution in [0.2, 0.25) is 0 Å². The van der Waals surface area contributed by atoms with Gasteiger partial charge in [-0.1, -0.05) is 24.3 Å². The van der Waals surface area contributed by atoms with Crippen LogP contribution < -0.4 is 10.1 Å². The Labute approximate surface area is 176 Å². The molecule has 0 atom stereocenters. The minimum absolute atomic E-state index is 0.0133. The standard InChI is InChI=1S/C21H21F4N3O3/c22-17-7-3-1-5-15(17)19(29)27-10-12-28(13-11-27)20(30)26-9-14-31-18-8-4-2-6-16(18)21(23,24)25/h1-8H,9-14H2,(H,26,30). The van der Waals surface area contributed by atoms with Crippen molar-refractivity contribution in [1.29, 1.82) is 0 Å². The molecule has 0 aromatic heterocycles. The number of ether oxygens (including phenoxy) is 1. The first-order chi connectivity index (χ1) is 14.8. The molecule has 0 bridgehead atoms. The third kappa shape index (κ3) is 5.65. The number of para-hydroxylation sites is 1. The Bertz CT molecular complexity index is 928. The molecule has 0 unspecified atom stereocenters. The molecular weight excluding hydrogens is 418 g/mol. The smallest absolute Gasteiger partial charge is 0.419 e. The van der Waals surface area contributed by atoms with Crippen LogP contribution in [0.3, 0.4) is 0 Å². The van der Waals surface area contributed by atoms with E-state index < -0.39 is 29.5 Å². The van der Waals surface area contributed by atoms with E-state index in [2.05, 4.69) is 5.32 Å². The highest BCUT2D eigenvalue weighted by atomic mass is 19.4. The van der Waals surface area contributed by atoms with E-state index >= 15 is 0 Å². The van der Waals surface area contributed by atoms with Crippen molar-refractivity contribution in [3.05, 3.63) is 65.5 Å². The van der Waals surface area contributed by atoms with Gasteiger partial charge in [0.15, 0.2) is 0 Å². The zero-order chi connectivity index (χ0) is 22.4. The number of rotatable bonds is 5. The molecule has 0 spiro atoms. The van der Waals surface area contributed by atoms with Crippen molar-refractivity contribution < 1.29 is 31.9 Å². The predicted molar refractivity (Wildman–Crippen MR) is 104 cm³/mol. The topological polar surface area (TPSA) is 61.9 Å². The monoisotopic (exact) mass is 439 g/mol. The first-order valence-electron chi connectivity index (χ1n) is 9.63. The molecule has 1 N–H and O–H groups in total. The van der Waals surface area contributed by atoms with Gasteiger partial charge >= 0.3 is 12.2 Å². The number of benzene rings is 2. The van der Waals surface area contributed by atoms with Gasteiger partial charge in [0.2, 0.25) is 0 Å². The minimum atomic E-state index is -4.53. The molecule has 3 rings (SSSR count). The number of amides is 3. The lowest BCUT2D eigenvalue weighted by Crippen LogP contribution is -2.53. The fourth-order valence-corrected chi connectivity index (χ4v) is 3.18. The van der Waals surface area contributed by atoms with Crippen LogP contribution in [0, 0.1) is 5.82 Å². The number of alkyl halides is 3. The highest BCUT2D eigenvalue weighted by molar-refractivity contribution is 5.94. The van der Waals surface area contributed by atoms with Crippen molar-refractivity contribution in [2.45, 2.75) is 6.18 Å². The lowest BCUT2D eigenvalue weighted by Gasteiger charge is -2.34. The van der Waals surface area contributed by atoms with Crippen LogP contribution in [-0.4, -0.2) is 61.1 Å². The number of hydrogen-bond acceptors (Lipinski definition) is 3. The Balaban J connectivity index is 1.43. The Morgan fingerprint density at radius 1 is 0.935 bits per heavy atom. The second kappa shape index (κ2) is 9.67. The summed E-state index contributed by atoms with van der Waals surface area (Å²) in [5, 5.41) is 2.58. The summed E-state index contributed by atoms with van der Waals surface area (Å²) in [6.07, 6.45) is -4.53. The molecule has 31 heavy (non-hydrogen) atoms. The Morgan fingerprint density at radius 3 is 2.23 bits per heavy atom. The zero-order valence-electron chi connectivity index (χ0n) is 16.5. The summed E-state index contributed by atoms with van der Waals surface area (Å²) in [7, 11) is 0. The Morgan fingerprint density at radius 2 is 1.55 bits per heavy atom. The van der Waals surface area contributed by atoms with Gasteiger partial charge in [0.1, 0.15) is 18.2 Å². The van der Waals surface area contributed by atoms with E-state index in [1.54, 1.807) is 6.07 Å². The van der Waals surface area contributed by atoms with Crippen LogP contribution in [0.5, 0.6) is 5.75 Å². The van der Waals surface area contributed by atoms with E-state index in [0.29, 0.717) is 0 Å². The van der Waals surface area contributed by atoms with Crippen molar-refractivity contribution in [2.24, 2.45) is 0 Å². The number of nitrogens with zero attached hydrogens (tertiary/aromatic N) is 2. The van der Waals surface area contributed by atoms with Crippen LogP contribution in [-0.2, 0) is 6.18 Å². The molecule has 0 aliphatic carbocycles. The molecule has 3 amide bonds. The average Bonchev–Trinajstić information content (AvgIpc) is 2.76. The molecule has 166 valence electrons. The van der Waals surface area contributed by atoms with E-state index in [0.717, 1.165) is 6.07 Å². The Hall–Kier alpha value is -3.30. The molecule has 0 saturated carbocycles. The number of carbonyl (C=O) groups excluding carboxylic acids is 2. The lowest BCUT2D eigenvalue weighted by atomic mass is 10.1. The molecule has 0 radical (unpaired) electrons. The van der Waals surface area contributed by atoms with Gasteiger partial charge in [0.05, 0.1) is 17.7 Å². The summed E-state index contributed by atoms with van der Waals surface area (Å²) in [6, 6.07) is 10.1. The first kappa shape index (κ1) is 22.4. The summed E-state index contributed by atoms with van der Waals surface area (Å²) in [5.41, 5.74) is -0.895. The second-order valence-electron chi connectivity index (χ2n) is 6.83. The van der Waals surface area contributed by atoms with Gasteiger partial charge in [-0.25, -0.2) is 9.18 Å². The first-order valence-corrected chi connectivity index (χ1v) is 9.63. The van der Waals surface area contributed by atoms with Gasteiger partial charge in [-0.2, -0.15) is 13.2 Å². The normalized spacial score (nSPS) is 14.3. The minimum Gasteiger partial charge on any atom is -0.491 e. The van der Waals surface area contributed by atoms with Crippen molar-refractivity contribution in [3.8, 4) is 5.75 Å². The van der Waals surface area contributed by atoms with Crippen LogP contribution in [0.25, 0.3) is 0 Å². The fourth-order valence-electron chi connectivity index (χ4n) is 3.18. The van der Waals surface area contributed by atoms with Gasteiger partial charge in [0, 0.05) is 26.2 Å². The fraction of sp³-hybridized carbons (Fsp3) is 0.333.